The topological polar surface area (TPSA) is 112 Å². The van der Waals surface area contributed by atoms with Gasteiger partial charge in [0.05, 0.1) is 24.0 Å². The van der Waals surface area contributed by atoms with Crippen molar-refractivity contribution in [3.63, 3.8) is 0 Å². The van der Waals surface area contributed by atoms with Crippen LogP contribution in [0.3, 0.4) is 0 Å². The predicted molar refractivity (Wildman–Crippen MR) is 141 cm³/mol. The van der Waals surface area contributed by atoms with E-state index in [2.05, 4.69) is 21.9 Å². The molecule has 186 valence electrons. The summed E-state index contributed by atoms with van der Waals surface area (Å²) in [6, 6.07) is 7.54. The molecule has 1 aromatic carbocycles. The Labute approximate surface area is 215 Å². The molecule has 4 aromatic rings. The number of thiazole rings is 1. The summed E-state index contributed by atoms with van der Waals surface area (Å²) in [5.74, 6) is -0.251. The van der Waals surface area contributed by atoms with Crippen molar-refractivity contribution in [2.45, 2.75) is 27.3 Å². The first-order chi connectivity index (χ1) is 17.3. The fourth-order valence-corrected chi connectivity index (χ4v) is 5.51. The molecule has 0 fully saturated rings. The molecule has 0 saturated carbocycles. The van der Waals surface area contributed by atoms with Crippen LogP contribution in [0.5, 0.6) is 5.75 Å². The molecule has 0 spiro atoms. The summed E-state index contributed by atoms with van der Waals surface area (Å²) in [6.45, 7) is 9.41. The molecule has 0 saturated heterocycles. The number of hydrogen-bond donors (Lipinski definition) is 1. The van der Waals surface area contributed by atoms with E-state index in [1.54, 1.807) is 6.92 Å². The number of nitrogens with zero attached hydrogens (tertiary/aromatic N) is 3. The van der Waals surface area contributed by atoms with E-state index in [4.69, 9.17) is 9.47 Å². The average molecular weight is 525 g/mol. The Kier molecular flexibility index (Phi) is 7.61. The second kappa shape index (κ2) is 10.8. The summed E-state index contributed by atoms with van der Waals surface area (Å²) >= 11 is 2.44. The lowest BCUT2D eigenvalue weighted by Crippen LogP contribution is -2.27. The summed E-state index contributed by atoms with van der Waals surface area (Å²) in [5, 5.41) is 3.36. The quantitative estimate of drug-likeness (QED) is 0.252. The summed E-state index contributed by atoms with van der Waals surface area (Å²) < 4.78 is 11.8. The van der Waals surface area contributed by atoms with Crippen molar-refractivity contribution in [3.8, 4) is 16.9 Å². The Morgan fingerprint density at radius 1 is 1.19 bits per heavy atom. The average Bonchev–Trinajstić information content (AvgIpc) is 3.39. The lowest BCUT2D eigenvalue weighted by Gasteiger charge is -2.07. The van der Waals surface area contributed by atoms with E-state index in [9.17, 15) is 14.4 Å². The number of benzene rings is 1. The van der Waals surface area contributed by atoms with Crippen molar-refractivity contribution in [1.82, 2.24) is 14.5 Å². The molecule has 0 aliphatic carbocycles. The normalized spacial score (nSPS) is 10.9. The largest absolute Gasteiger partial charge is 0.494 e. The standard InChI is InChI=1S/C25H24N4O5S2/c1-5-11-34-24(32)21-14(3)27-25(36-21)28-18(30)12-29-13-26-22-20(23(29)31)19(15(4)35-22)16-7-9-17(10-8-16)33-6-2/h5,7-10,13H,1,6,11-12H2,2-4H3,(H,27,28,30). The Morgan fingerprint density at radius 2 is 1.94 bits per heavy atom. The summed E-state index contributed by atoms with van der Waals surface area (Å²) in [5.41, 5.74) is 1.80. The van der Waals surface area contributed by atoms with E-state index in [0.717, 1.165) is 33.1 Å². The maximum Gasteiger partial charge on any atom is 0.350 e. The molecule has 0 aliphatic rings. The third-order valence-corrected chi connectivity index (χ3v) is 7.25. The molecule has 4 rings (SSSR count). The number of aromatic nitrogens is 3. The van der Waals surface area contributed by atoms with E-state index in [1.165, 1.54) is 28.3 Å². The Balaban J connectivity index is 1.58. The second-order valence-electron chi connectivity index (χ2n) is 7.72. The summed E-state index contributed by atoms with van der Waals surface area (Å²) in [7, 11) is 0. The fraction of sp³-hybridized carbons (Fsp3) is 0.240. The highest BCUT2D eigenvalue weighted by molar-refractivity contribution is 7.19. The highest BCUT2D eigenvalue weighted by atomic mass is 32.1. The zero-order chi connectivity index (χ0) is 25.8. The molecule has 3 aromatic heterocycles. The van der Waals surface area contributed by atoms with E-state index in [-0.39, 0.29) is 23.8 Å². The Hall–Kier alpha value is -3.83. The number of rotatable bonds is 9. The van der Waals surface area contributed by atoms with Crippen LogP contribution >= 0.6 is 22.7 Å². The van der Waals surface area contributed by atoms with E-state index >= 15 is 0 Å². The molecule has 0 aliphatic heterocycles. The van der Waals surface area contributed by atoms with Gasteiger partial charge in [-0.2, -0.15) is 0 Å². The molecule has 9 nitrogen and oxygen atoms in total. The molecule has 0 radical (unpaired) electrons. The third kappa shape index (κ3) is 5.21. The second-order valence-corrected chi connectivity index (χ2v) is 9.92. The first-order valence-corrected chi connectivity index (χ1v) is 12.7. The number of hydrogen-bond acceptors (Lipinski definition) is 9. The van der Waals surface area contributed by atoms with Crippen LogP contribution in [0.1, 0.15) is 27.2 Å². The van der Waals surface area contributed by atoms with Crippen molar-refractivity contribution in [2.75, 3.05) is 18.5 Å². The van der Waals surface area contributed by atoms with Crippen LogP contribution in [-0.2, 0) is 16.1 Å². The third-order valence-electron chi connectivity index (χ3n) is 5.18. The zero-order valence-corrected chi connectivity index (χ0v) is 21.6. The van der Waals surface area contributed by atoms with Crippen molar-refractivity contribution in [1.29, 1.82) is 0 Å². The van der Waals surface area contributed by atoms with Crippen LogP contribution < -0.4 is 15.6 Å². The molecular weight excluding hydrogens is 500 g/mol. The van der Waals surface area contributed by atoms with Gasteiger partial charge >= 0.3 is 5.97 Å². The number of amides is 1. The van der Waals surface area contributed by atoms with Crippen LogP contribution in [0.4, 0.5) is 5.13 Å². The molecule has 3 heterocycles. The highest BCUT2D eigenvalue weighted by Gasteiger charge is 2.20. The van der Waals surface area contributed by atoms with Crippen LogP contribution in [0.15, 0.2) is 48.0 Å². The van der Waals surface area contributed by atoms with Crippen molar-refractivity contribution in [3.05, 3.63) is 69.0 Å². The van der Waals surface area contributed by atoms with Gasteiger partial charge in [0.2, 0.25) is 5.91 Å². The van der Waals surface area contributed by atoms with Gasteiger partial charge < -0.3 is 14.8 Å². The Bertz CT molecular complexity index is 1500. The summed E-state index contributed by atoms with van der Waals surface area (Å²) in [4.78, 5) is 48.7. The fourth-order valence-electron chi connectivity index (χ4n) is 3.64. The van der Waals surface area contributed by atoms with Crippen molar-refractivity contribution >= 4 is 49.9 Å². The number of ether oxygens (including phenoxy) is 2. The van der Waals surface area contributed by atoms with Gasteiger partial charge in [-0.15, -0.1) is 11.3 Å². The first kappa shape index (κ1) is 25.3. The first-order valence-electron chi connectivity index (χ1n) is 11.1. The van der Waals surface area contributed by atoms with Crippen LogP contribution in [0, 0.1) is 13.8 Å². The molecule has 0 atom stereocenters. The van der Waals surface area contributed by atoms with Gasteiger partial charge in [-0.3, -0.25) is 14.2 Å². The van der Waals surface area contributed by atoms with Gasteiger partial charge in [-0.25, -0.2) is 14.8 Å². The molecule has 11 heteroatoms. The van der Waals surface area contributed by atoms with Gasteiger partial charge in [0.1, 0.15) is 28.6 Å². The van der Waals surface area contributed by atoms with E-state index < -0.39 is 11.9 Å². The SMILES string of the molecule is C=CCOC(=O)c1sc(NC(=O)Cn2cnc3sc(C)c(-c4ccc(OCC)cc4)c3c2=O)nc1C. The monoisotopic (exact) mass is 524 g/mol. The minimum absolute atomic E-state index is 0.0803. The van der Waals surface area contributed by atoms with Gasteiger partial charge in [-0.1, -0.05) is 36.1 Å². The minimum atomic E-state index is -0.536. The molecule has 1 N–H and O–H groups in total. The minimum Gasteiger partial charge on any atom is -0.494 e. The highest BCUT2D eigenvalue weighted by Crippen LogP contribution is 2.36. The Morgan fingerprint density at radius 3 is 2.64 bits per heavy atom. The molecule has 0 unspecified atom stereocenters. The predicted octanol–water partition coefficient (Wildman–Crippen LogP) is 4.58. The number of fused-ring (bicyclic) bond motifs is 1. The molecule has 1 amide bonds. The lowest BCUT2D eigenvalue weighted by molar-refractivity contribution is -0.116. The molecule has 0 bridgehead atoms. The number of carbonyl (C=O) groups excluding carboxylic acids is 2. The van der Waals surface area contributed by atoms with Crippen LogP contribution in [-0.4, -0.2) is 39.6 Å². The molecular formula is C25H24N4O5S2. The van der Waals surface area contributed by atoms with Crippen molar-refractivity contribution < 1.29 is 19.1 Å². The van der Waals surface area contributed by atoms with Gasteiger partial charge in [0.15, 0.2) is 5.13 Å². The lowest BCUT2D eigenvalue weighted by atomic mass is 10.0. The number of carbonyl (C=O) groups is 2. The summed E-state index contributed by atoms with van der Waals surface area (Å²) in [6.07, 6.45) is 2.84. The van der Waals surface area contributed by atoms with E-state index in [0.29, 0.717) is 27.4 Å². The van der Waals surface area contributed by atoms with E-state index in [1.807, 2.05) is 38.1 Å². The number of thiophene rings is 1. The van der Waals surface area contributed by atoms with Crippen molar-refractivity contribution in [2.24, 2.45) is 0 Å². The van der Waals surface area contributed by atoms with Gasteiger partial charge in [0.25, 0.3) is 5.56 Å². The van der Waals surface area contributed by atoms with Crippen LogP contribution in [0.2, 0.25) is 0 Å². The van der Waals surface area contributed by atoms with Gasteiger partial charge in [-0.05, 0) is 38.5 Å². The number of aryl methyl sites for hydroxylation is 2. The van der Waals surface area contributed by atoms with Crippen LogP contribution in [0.25, 0.3) is 21.3 Å². The number of esters is 1. The van der Waals surface area contributed by atoms with Gasteiger partial charge in [0, 0.05) is 10.4 Å². The molecule has 36 heavy (non-hydrogen) atoms. The number of anilines is 1. The maximum absolute atomic E-state index is 13.4. The number of nitrogens with one attached hydrogen (secondary N) is 1. The zero-order valence-electron chi connectivity index (χ0n) is 20.0. The maximum atomic E-state index is 13.4. The smallest absolute Gasteiger partial charge is 0.350 e.